The minimum Gasteiger partial charge on any atom is -0.379 e. The van der Waals surface area contributed by atoms with Crippen LogP contribution in [-0.2, 0) is 4.94 Å². The van der Waals surface area contributed by atoms with Crippen molar-refractivity contribution in [3.05, 3.63) is 11.9 Å². The van der Waals surface area contributed by atoms with Gasteiger partial charge >= 0.3 is 0 Å². The van der Waals surface area contributed by atoms with Crippen molar-refractivity contribution in [2.75, 3.05) is 0 Å². The molecule has 1 heterocycles. The number of rotatable bonds is 3. The van der Waals surface area contributed by atoms with E-state index < -0.39 is 5.60 Å². The molecule has 1 N–H and O–H groups in total. The molecule has 0 bridgehead atoms. The first-order valence-electron chi connectivity index (χ1n) is 5.15. The van der Waals surface area contributed by atoms with Gasteiger partial charge in [0.1, 0.15) is 5.60 Å². The Kier molecular flexibility index (Phi) is 3.19. The molecule has 0 radical (unpaired) electrons. The first-order chi connectivity index (χ1) is 6.82. The van der Waals surface area contributed by atoms with Crippen LogP contribution in [0.2, 0.25) is 0 Å². The summed E-state index contributed by atoms with van der Waals surface area (Å²) in [4.78, 5) is 8.14. The van der Waals surface area contributed by atoms with Crippen LogP contribution in [0.1, 0.15) is 34.6 Å². The Morgan fingerprint density at radius 3 is 2.47 bits per heavy atom. The predicted molar refractivity (Wildman–Crippen MR) is 59.2 cm³/mol. The molecule has 0 aromatic carbocycles. The van der Waals surface area contributed by atoms with Crippen molar-refractivity contribution in [3.8, 4) is 0 Å². The number of halogens is 1. The molecule has 1 aliphatic heterocycles. The Morgan fingerprint density at radius 2 is 2.13 bits per heavy atom. The van der Waals surface area contributed by atoms with E-state index in [1.807, 2.05) is 6.21 Å². The van der Waals surface area contributed by atoms with Crippen LogP contribution in [0, 0.1) is 5.92 Å². The fraction of sp³-hybridized carbons (Fsp3) is 0.727. The van der Waals surface area contributed by atoms with Crippen LogP contribution in [0.5, 0.6) is 0 Å². The maximum atomic E-state index is 12.3. The van der Waals surface area contributed by atoms with E-state index in [-0.39, 0.29) is 5.54 Å². The van der Waals surface area contributed by atoms with Gasteiger partial charge in [0.05, 0.1) is 11.2 Å². The Morgan fingerprint density at radius 1 is 1.53 bits per heavy atom. The van der Waals surface area contributed by atoms with Crippen molar-refractivity contribution >= 4 is 6.21 Å². The van der Waals surface area contributed by atoms with E-state index in [9.17, 15) is 4.53 Å². The SMILES string of the molecule is CC(C)C1(C)C=NC(C(C)(C)OF)=CN1. The fourth-order valence-electron chi connectivity index (χ4n) is 1.19. The van der Waals surface area contributed by atoms with Gasteiger partial charge in [-0.3, -0.25) is 4.99 Å². The average molecular weight is 214 g/mol. The van der Waals surface area contributed by atoms with Gasteiger partial charge in [0.15, 0.2) is 0 Å². The van der Waals surface area contributed by atoms with E-state index in [2.05, 4.69) is 36.0 Å². The molecule has 3 nitrogen and oxygen atoms in total. The Balaban J connectivity index is 2.82. The first-order valence-corrected chi connectivity index (χ1v) is 5.15. The molecule has 0 amide bonds. The van der Waals surface area contributed by atoms with Gasteiger partial charge in [-0.1, -0.05) is 13.8 Å². The summed E-state index contributed by atoms with van der Waals surface area (Å²) in [5.74, 6) is 0.411. The Bertz CT molecular complexity index is 297. The highest BCUT2D eigenvalue weighted by Crippen LogP contribution is 2.26. The van der Waals surface area contributed by atoms with Crippen molar-refractivity contribution in [2.45, 2.75) is 45.8 Å². The predicted octanol–water partition coefficient (Wildman–Crippen LogP) is 2.60. The zero-order valence-corrected chi connectivity index (χ0v) is 9.97. The smallest absolute Gasteiger partial charge is 0.146 e. The number of aliphatic imine (C=N–C) groups is 1. The summed E-state index contributed by atoms with van der Waals surface area (Å²) in [5.41, 5.74) is -0.610. The number of hydrogen-bond donors (Lipinski definition) is 1. The molecule has 0 aromatic rings. The lowest BCUT2D eigenvalue weighted by Crippen LogP contribution is -2.48. The largest absolute Gasteiger partial charge is 0.379 e. The van der Waals surface area contributed by atoms with Crippen molar-refractivity contribution in [3.63, 3.8) is 0 Å². The van der Waals surface area contributed by atoms with Crippen LogP contribution < -0.4 is 5.32 Å². The molecule has 0 fully saturated rings. The highest BCUT2D eigenvalue weighted by Gasteiger charge is 2.32. The van der Waals surface area contributed by atoms with Crippen molar-refractivity contribution in [2.24, 2.45) is 10.9 Å². The Hall–Kier alpha value is -0.900. The van der Waals surface area contributed by atoms with Gasteiger partial charge in [-0.15, -0.1) is 0 Å². The van der Waals surface area contributed by atoms with E-state index in [0.717, 1.165) is 0 Å². The molecule has 0 spiro atoms. The van der Waals surface area contributed by atoms with Gasteiger partial charge in [-0.2, -0.15) is 4.94 Å². The maximum Gasteiger partial charge on any atom is 0.146 e. The van der Waals surface area contributed by atoms with E-state index in [4.69, 9.17) is 0 Å². The monoisotopic (exact) mass is 214 g/mol. The van der Waals surface area contributed by atoms with Crippen molar-refractivity contribution < 1.29 is 9.47 Å². The minimum absolute atomic E-state index is 0.171. The molecule has 1 unspecified atom stereocenters. The van der Waals surface area contributed by atoms with E-state index >= 15 is 0 Å². The molecule has 1 aliphatic rings. The maximum absolute atomic E-state index is 12.3. The molecule has 86 valence electrons. The second-order valence-corrected chi connectivity index (χ2v) is 4.96. The third kappa shape index (κ3) is 2.37. The van der Waals surface area contributed by atoms with Gasteiger partial charge in [0, 0.05) is 12.4 Å². The highest BCUT2D eigenvalue weighted by atomic mass is 19.3. The van der Waals surface area contributed by atoms with E-state index in [1.54, 1.807) is 20.0 Å². The fourth-order valence-corrected chi connectivity index (χ4v) is 1.19. The summed E-state index contributed by atoms with van der Waals surface area (Å²) in [5, 5.41) is 3.23. The lowest BCUT2D eigenvalue weighted by atomic mass is 9.88. The van der Waals surface area contributed by atoms with Crippen molar-refractivity contribution in [1.82, 2.24) is 5.32 Å². The van der Waals surface area contributed by atoms with Gasteiger partial charge < -0.3 is 5.32 Å². The van der Waals surface area contributed by atoms with Crippen molar-refractivity contribution in [1.29, 1.82) is 0 Å². The molecule has 0 saturated carbocycles. The summed E-state index contributed by atoms with van der Waals surface area (Å²) in [6.45, 7) is 9.53. The van der Waals surface area contributed by atoms with Crippen LogP contribution in [0.3, 0.4) is 0 Å². The zero-order valence-electron chi connectivity index (χ0n) is 9.97. The van der Waals surface area contributed by atoms with Crippen LogP contribution >= 0.6 is 0 Å². The molecule has 1 rings (SSSR count). The summed E-state index contributed by atoms with van der Waals surface area (Å²) >= 11 is 0. The lowest BCUT2D eigenvalue weighted by Gasteiger charge is -2.34. The minimum atomic E-state index is -0.998. The third-order valence-electron chi connectivity index (χ3n) is 3.00. The average Bonchev–Trinajstić information content (AvgIpc) is 2.18. The molecule has 0 saturated heterocycles. The standard InChI is InChI=1S/C11H19FN2O/c1-8(2)11(5)7-13-9(6-14-11)10(3,4)15-12/h6-8,14H,1-5H3. The normalized spacial score (nSPS) is 26.5. The summed E-state index contributed by atoms with van der Waals surface area (Å²) in [6, 6.07) is 0. The van der Waals surface area contributed by atoms with Gasteiger partial charge in [0.25, 0.3) is 0 Å². The molecular formula is C11H19FN2O. The quantitative estimate of drug-likeness (QED) is 0.783. The van der Waals surface area contributed by atoms with Crippen LogP contribution in [0.25, 0.3) is 0 Å². The molecule has 1 atom stereocenters. The lowest BCUT2D eigenvalue weighted by molar-refractivity contribution is -0.206. The summed E-state index contributed by atoms with van der Waals surface area (Å²) in [6.07, 6.45) is 3.54. The molecule has 4 heteroatoms. The third-order valence-corrected chi connectivity index (χ3v) is 3.00. The molecule has 0 aliphatic carbocycles. The topological polar surface area (TPSA) is 33.6 Å². The van der Waals surface area contributed by atoms with Gasteiger partial charge in [0.2, 0.25) is 0 Å². The van der Waals surface area contributed by atoms with Crippen LogP contribution in [0.15, 0.2) is 16.9 Å². The van der Waals surface area contributed by atoms with Gasteiger partial charge in [-0.05, 0) is 31.2 Å². The number of nitrogens with zero attached hydrogens (tertiary/aromatic N) is 1. The number of hydrogen-bond acceptors (Lipinski definition) is 3. The summed E-state index contributed by atoms with van der Waals surface area (Å²) in [7, 11) is 0. The highest BCUT2D eigenvalue weighted by molar-refractivity contribution is 5.73. The Labute approximate surface area is 90.3 Å². The second-order valence-electron chi connectivity index (χ2n) is 4.96. The zero-order chi connectivity index (χ0) is 11.7. The second kappa shape index (κ2) is 3.93. The molecular weight excluding hydrogens is 195 g/mol. The summed E-state index contributed by atoms with van der Waals surface area (Å²) < 4.78 is 12.3. The molecule has 0 aromatic heterocycles. The van der Waals surface area contributed by atoms with E-state index in [0.29, 0.717) is 11.6 Å². The van der Waals surface area contributed by atoms with E-state index in [1.165, 1.54) is 0 Å². The van der Waals surface area contributed by atoms with Crippen LogP contribution in [-0.4, -0.2) is 17.4 Å². The molecule has 15 heavy (non-hydrogen) atoms. The number of nitrogens with one attached hydrogen (secondary N) is 1. The van der Waals surface area contributed by atoms with Gasteiger partial charge in [-0.25, -0.2) is 0 Å². The van der Waals surface area contributed by atoms with Crippen LogP contribution in [0.4, 0.5) is 4.53 Å². The first kappa shape index (κ1) is 12.2.